The van der Waals surface area contributed by atoms with E-state index >= 15 is 0 Å². The van der Waals surface area contributed by atoms with E-state index in [-0.39, 0.29) is 5.92 Å². The van der Waals surface area contributed by atoms with Crippen LogP contribution in [0.25, 0.3) is 11.0 Å². The van der Waals surface area contributed by atoms with Gasteiger partial charge in [-0.15, -0.1) is 0 Å². The van der Waals surface area contributed by atoms with Crippen LogP contribution in [0.15, 0.2) is 24.3 Å². The Bertz CT molecular complexity index is 739. The third kappa shape index (κ3) is 4.09. The van der Waals surface area contributed by atoms with Crippen molar-refractivity contribution in [3.63, 3.8) is 0 Å². The molecule has 142 valence electrons. The van der Waals surface area contributed by atoms with Gasteiger partial charge in [-0.25, -0.2) is 4.98 Å². The number of benzene rings is 1. The smallest absolute Gasteiger partial charge is 0.226 e. The Morgan fingerprint density at radius 3 is 2.88 bits per heavy atom. The summed E-state index contributed by atoms with van der Waals surface area (Å²) in [7, 11) is 1.95. The molecule has 0 radical (unpaired) electrons. The van der Waals surface area contributed by atoms with Crippen LogP contribution in [0.4, 0.5) is 0 Å². The van der Waals surface area contributed by atoms with Crippen molar-refractivity contribution in [1.82, 2.24) is 19.4 Å². The predicted octanol–water partition coefficient (Wildman–Crippen LogP) is 3.53. The van der Waals surface area contributed by atoms with Crippen molar-refractivity contribution < 1.29 is 4.79 Å². The number of hydrogen-bond donors (Lipinski definition) is 0. The van der Waals surface area contributed by atoms with E-state index in [4.69, 9.17) is 4.98 Å². The summed E-state index contributed by atoms with van der Waals surface area (Å²) in [5.74, 6) is 1.55. The second-order valence-electron chi connectivity index (χ2n) is 7.45. The van der Waals surface area contributed by atoms with Crippen LogP contribution >= 0.6 is 0 Å². The average molecular weight is 357 g/mol. The Kier molecular flexibility index (Phi) is 6.30. The van der Waals surface area contributed by atoms with Gasteiger partial charge in [0.05, 0.1) is 23.5 Å². The highest BCUT2D eigenvalue weighted by Crippen LogP contribution is 2.22. The highest BCUT2D eigenvalue weighted by molar-refractivity contribution is 5.79. The van der Waals surface area contributed by atoms with Gasteiger partial charge in [-0.3, -0.25) is 9.69 Å². The molecule has 1 aliphatic rings. The molecule has 1 atom stereocenters. The number of nitrogens with zero attached hydrogens (tertiary/aromatic N) is 4. The Labute approximate surface area is 157 Å². The Balaban J connectivity index is 1.68. The van der Waals surface area contributed by atoms with Gasteiger partial charge in [-0.2, -0.15) is 0 Å². The molecule has 2 heterocycles. The van der Waals surface area contributed by atoms with Gasteiger partial charge >= 0.3 is 0 Å². The number of aryl methyl sites for hydroxylation is 1. The maximum Gasteiger partial charge on any atom is 0.226 e. The molecule has 0 aliphatic carbocycles. The summed E-state index contributed by atoms with van der Waals surface area (Å²) in [4.78, 5) is 21.9. The van der Waals surface area contributed by atoms with Gasteiger partial charge in [0.15, 0.2) is 0 Å². The normalized spacial score (nSPS) is 18.3. The summed E-state index contributed by atoms with van der Waals surface area (Å²) in [6.45, 7) is 8.86. The first kappa shape index (κ1) is 18.9. The maximum absolute atomic E-state index is 12.7. The van der Waals surface area contributed by atoms with E-state index in [0.29, 0.717) is 5.91 Å². The molecule has 0 unspecified atom stereocenters. The Hall–Kier alpha value is -1.88. The number of aromatic nitrogens is 2. The number of unbranched alkanes of at least 4 members (excludes halogenated alkanes) is 1. The molecule has 1 aromatic heterocycles. The lowest BCUT2D eigenvalue weighted by atomic mass is 9.96. The fourth-order valence-electron chi connectivity index (χ4n) is 4.02. The zero-order valence-electron chi connectivity index (χ0n) is 16.4. The van der Waals surface area contributed by atoms with Gasteiger partial charge in [0.1, 0.15) is 5.82 Å². The first-order valence-corrected chi connectivity index (χ1v) is 10.1. The van der Waals surface area contributed by atoms with Gasteiger partial charge < -0.3 is 9.47 Å². The molecular weight excluding hydrogens is 324 g/mol. The van der Waals surface area contributed by atoms with Crippen molar-refractivity contribution >= 4 is 16.9 Å². The second-order valence-corrected chi connectivity index (χ2v) is 7.45. The molecule has 1 fully saturated rings. The molecule has 5 nitrogen and oxygen atoms in total. The molecule has 1 saturated heterocycles. The molecule has 3 rings (SSSR count). The average Bonchev–Trinajstić information content (AvgIpc) is 3.02. The zero-order valence-corrected chi connectivity index (χ0v) is 16.4. The summed E-state index contributed by atoms with van der Waals surface area (Å²) < 4.78 is 2.30. The van der Waals surface area contributed by atoms with Crippen molar-refractivity contribution in [2.24, 2.45) is 5.92 Å². The number of likely N-dealkylation sites (tertiary alicyclic amines) is 1. The van der Waals surface area contributed by atoms with Crippen LogP contribution in [0.2, 0.25) is 0 Å². The fraction of sp³-hybridized carbons (Fsp3) is 0.619. The van der Waals surface area contributed by atoms with Crippen LogP contribution < -0.4 is 0 Å². The molecule has 5 heteroatoms. The van der Waals surface area contributed by atoms with Gasteiger partial charge in [-0.1, -0.05) is 25.5 Å². The molecule has 0 N–H and O–H groups in total. The van der Waals surface area contributed by atoms with Crippen LogP contribution in [0, 0.1) is 5.92 Å². The number of carbonyl (C=O) groups excluding carboxylic acids is 1. The van der Waals surface area contributed by atoms with Crippen LogP contribution in [-0.4, -0.2) is 51.9 Å². The van der Waals surface area contributed by atoms with Crippen molar-refractivity contribution in [2.45, 2.75) is 52.6 Å². The quantitative estimate of drug-likeness (QED) is 0.762. The second kappa shape index (κ2) is 8.67. The molecular formula is C21H32N4O. The molecule has 2 aromatic rings. The largest absolute Gasteiger partial charge is 0.345 e. The zero-order chi connectivity index (χ0) is 18.5. The van der Waals surface area contributed by atoms with Crippen molar-refractivity contribution in [1.29, 1.82) is 0 Å². The number of imidazole rings is 1. The standard InChI is InChI=1S/C21H32N4O/c1-4-6-13-23(3)21(26)17-10-9-14-24(15-17)16-20-22-18-11-7-8-12-19(18)25(20)5-2/h7-8,11-12,17H,4-6,9-10,13-16H2,1-3H3/t17-/m0/s1. The highest BCUT2D eigenvalue weighted by atomic mass is 16.2. The van der Waals surface area contributed by atoms with E-state index in [0.717, 1.165) is 69.7 Å². The predicted molar refractivity (Wildman–Crippen MR) is 106 cm³/mol. The lowest BCUT2D eigenvalue weighted by molar-refractivity contribution is -0.136. The molecule has 0 bridgehead atoms. The Morgan fingerprint density at radius 1 is 1.31 bits per heavy atom. The summed E-state index contributed by atoms with van der Waals surface area (Å²) >= 11 is 0. The van der Waals surface area contributed by atoms with Crippen LogP contribution in [0.1, 0.15) is 45.4 Å². The van der Waals surface area contributed by atoms with Gasteiger partial charge in [-0.05, 0) is 44.9 Å². The number of hydrogen-bond acceptors (Lipinski definition) is 3. The minimum absolute atomic E-state index is 0.130. The number of piperidine rings is 1. The van der Waals surface area contributed by atoms with Crippen molar-refractivity contribution in [2.75, 3.05) is 26.7 Å². The lowest BCUT2D eigenvalue weighted by Crippen LogP contribution is -2.43. The number of rotatable bonds is 7. The third-order valence-corrected chi connectivity index (χ3v) is 5.49. The van der Waals surface area contributed by atoms with Gasteiger partial charge in [0, 0.05) is 26.7 Å². The SMILES string of the molecule is CCCCN(C)C(=O)[C@H]1CCCN(Cc2nc3ccccc3n2CC)C1. The van der Waals surface area contributed by atoms with E-state index < -0.39 is 0 Å². The topological polar surface area (TPSA) is 41.4 Å². The monoisotopic (exact) mass is 356 g/mol. The van der Waals surface area contributed by atoms with Crippen LogP contribution in [-0.2, 0) is 17.9 Å². The highest BCUT2D eigenvalue weighted by Gasteiger charge is 2.28. The van der Waals surface area contributed by atoms with Crippen molar-refractivity contribution in [3.8, 4) is 0 Å². The number of para-hydroxylation sites is 2. The molecule has 1 amide bonds. The van der Waals surface area contributed by atoms with Crippen molar-refractivity contribution in [3.05, 3.63) is 30.1 Å². The van der Waals surface area contributed by atoms with Crippen LogP contribution in [0.5, 0.6) is 0 Å². The molecule has 1 aliphatic heterocycles. The van der Waals surface area contributed by atoms with E-state index in [1.165, 1.54) is 5.52 Å². The minimum Gasteiger partial charge on any atom is -0.345 e. The minimum atomic E-state index is 0.130. The molecule has 1 aromatic carbocycles. The van der Waals surface area contributed by atoms with Gasteiger partial charge in [0.25, 0.3) is 0 Å². The summed E-state index contributed by atoms with van der Waals surface area (Å²) in [6.07, 6.45) is 4.31. The fourth-order valence-corrected chi connectivity index (χ4v) is 4.02. The van der Waals surface area contributed by atoms with E-state index in [9.17, 15) is 4.79 Å². The molecule has 0 spiro atoms. The summed E-state index contributed by atoms with van der Waals surface area (Å²) in [6, 6.07) is 8.33. The number of carbonyl (C=O) groups is 1. The first-order valence-electron chi connectivity index (χ1n) is 10.1. The first-order chi connectivity index (χ1) is 12.6. The number of fused-ring (bicyclic) bond motifs is 1. The van der Waals surface area contributed by atoms with Gasteiger partial charge in [0.2, 0.25) is 5.91 Å². The maximum atomic E-state index is 12.7. The van der Waals surface area contributed by atoms with E-state index in [2.05, 4.69) is 41.5 Å². The van der Waals surface area contributed by atoms with E-state index in [1.54, 1.807) is 0 Å². The lowest BCUT2D eigenvalue weighted by Gasteiger charge is -2.33. The molecule has 26 heavy (non-hydrogen) atoms. The number of amides is 1. The van der Waals surface area contributed by atoms with Crippen LogP contribution in [0.3, 0.4) is 0 Å². The summed E-state index contributed by atoms with van der Waals surface area (Å²) in [5, 5.41) is 0. The molecule has 0 saturated carbocycles. The Morgan fingerprint density at radius 2 is 2.12 bits per heavy atom. The summed E-state index contributed by atoms with van der Waals surface area (Å²) in [5.41, 5.74) is 2.27. The third-order valence-electron chi connectivity index (χ3n) is 5.49. The van der Waals surface area contributed by atoms with E-state index in [1.807, 2.05) is 18.0 Å².